The number of rotatable bonds is 8. The van der Waals surface area contributed by atoms with Gasteiger partial charge in [0.15, 0.2) is 0 Å². The molecular formula is C25H22F3N5O3S. The van der Waals surface area contributed by atoms with Crippen molar-refractivity contribution < 1.29 is 26.3 Å². The largest absolute Gasteiger partial charge is 0.573 e. The predicted octanol–water partition coefficient (Wildman–Crippen LogP) is 6.28. The lowest BCUT2D eigenvalue weighted by Gasteiger charge is -2.15. The molecule has 4 rings (SSSR count). The van der Waals surface area contributed by atoms with Crippen LogP contribution < -0.4 is 20.1 Å². The molecule has 0 aliphatic heterocycles. The van der Waals surface area contributed by atoms with Crippen LogP contribution in [0.25, 0.3) is 0 Å². The first-order valence-corrected chi connectivity index (χ1v) is 12.4. The van der Waals surface area contributed by atoms with Gasteiger partial charge < -0.3 is 15.4 Å². The molecule has 1 heterocycles. The molecule has 4 aromatic rings. The first-order chi connectivity index (χ1) is 17.5. The minimum absolute atomic E-state index is 0.146. The molecular weight excluding hydrogens is 507 g/mol. The Labute approximate surface area is 211 Å². The van der Waals surface area contributed by atoms with E-state index in [9.17, 15) is 21.6 Å². The average Bonchev–Trinajstić information content (AvgIpc) is 2.80. The Morgan fingerprint density at radius 3 is 1.84 bits per heavy atom. The highest BCUT2D eigenvalue weighted by molar-refractivity contribution is 7.92. The molecule has 0 bridgehead atoms. The Kier molecular flexibility index (Phi) is 7.21. The second-order valence-corrected chi connectivity index (χ2v) is 9.63. The van der Waals surface area contributed by atoms with Crippen molar-refractivity contribution in [3.05, 3.63) is 90.3 Å². The molecule has 192 valence electrons. The van der Waals surface area contributed by atoms with Gasteiger partial charge in [0.2, 0.25) is 0 Å². The molecule has 1 aromatic heterocycles. The number of anilines is 5. The van der Waals surface area contributed by atoms with Crippen molar-refractivity contribution in [2.45, 2.75) is 25.1 Å². The Morgan fingerprint density at radius 2 is 1.27 bits per heavy atom. The van der Waals surface area contributed by atoms with Gasteiger partial charge in [-0.2, -0.15) is 0 Å². The van der Waals surface area contributed by atoms with Crippen molar-refractivity contribution in [3.63, 3.8) is 0 Å². The summed E-state index contributed by atoms with van der Waals surface area (Å²) in [6.07, 6.45) is -5.03. The maximum absolute atomic E-state index is 12.7. The first-order valence-electron chi connectivity index (χ1n) is 10.9. The Bertz CT molecular complexity index is 1490. The van der Waals surface area contributed by atoms with Crippen LogP contribution in [0, 0.1) is 13.8 Å². The van der Waals surface area contributed by atoms with Gasteiger partial charge in [0.1, 0.15) is 28.1 Å². The number of ether oxygens (including phenoxy) is 1. The summed E-state index contributed by atoms with van der Waals surface area (Å²) in [6, 6.07) is 20.2. The van der Waals surface area contributed by atoms with Crippen molar-refractivity contribution in [2.75, 3.05) is 15.4 Å². The van der Waals surface area contributed by atoms with Crippen LogP contribution in [0.1, 0.15) is 11.4 Å². The molecule has 0 saturated carbocycles. The van der Waals surface area contributed by atoms with Crippen LogP contribution in [0.4, 0.5) is 41.9 Å². The van der Waals surface area contributed by atoms with Crippen molar-refractivity contribution in [1.29, 1.82) is 0 Å². The predicted molar refractivity (Wildman–Crippen MR) is 135 cm³/mol. The van der Waals surface area contributed by atoms with Crippen LogP contribution in [0.3, 0.4) is 0 Å². The van der Waals surface area contributed by atoms with E-state index in [1.165, 1.54) is 24.3 Å². The number of hydrogen-bond acceptors (Lipinski definition) is 7. The molecule has 0 aliphatic carbocycles. The number of nitrogens with zero attached hydrogens (tertiary/aromatic N) is 2. The summed E-state index contributed by atoms with van der Waals surface area (Å²) in [5, 5.41) is 6.34. The number of hydrogen-bond donors (Lipinski definition) is 3. The molecule has 3 aromatic carbocycles. The highest BCUT2D eigenvalue weighted by Gasteiger charge is 2.34. The molecule has 0 aliphatic rings. The lowest BCUT2D eigenvalue weighted by Crippen LogP contribution is -2.20. The summed E-state index contributed by atoms with van der Waals surface area (Å²) in [5.74, 6) is 0.801. The minimum Gasteiger partial charge on any atom is -0.404 e. The zero-order valence-electron chi connectivity index (χ0n) is 19.7. The van der Waals surface area contributed by atoms with Gasteiger partial charge in [-0.1, -0.05) is 29.8 Å². The van der Waals surface area contributed by atoms with Crippen LogP contribution in [0.2, 0.25) is 0 Å². The number of alkyl halides is 3. The maximum atomic E-state index is 12.7. The van der Waals surface area contributed by atoms with Crippen LogP contribution in [0.5, 0.6) is 5.75 Å². The zero-order valence-corrected chi connectivity index (χ0v) is 20.5. The normalized spacial score (nSPS) is 11.6. The fourth-order valence-corrected chi connectivity index (χ4v) is 4.53. The maximum Gasteiger partial charge on any atom is 0.573 e. The number of halogens is 3. The smallest absolute Gasteiger partial charge is 0.404 e. The molecule has 0 radical (unpaired) electrons. The summed E-state index contributed by atoms with van der Waals surface area (Å²) < 4.78 is 69.6. The van der Waals surface area contributed by atoms with Crippen LogP contribution >= 0.6 is 0 Å². The third-order valence-corrected chi connectivity index (χ3v) is 6.36. The van der Waals surface area contributed by atoms with Crippen LogP contribution in [-0.4, -0.2) is 24.7 Å². The van der Waals surface area contributed by atoms with E-state index >= 15 is 0 Å². The van der Waals surface area contributed by atoms with E-state index in [0.29, 0.717) is 23.1 Å². The SMILES string of the molecule is Cc1ccc(Nc2cc(Nc3ccc(NS(=O)(=O)c4ccccc4OC(F)(F)F)cc3)nc(C)n2)cc1. The van der Waals surface area contributed by atoms with E-state index < -0.39 is 27.0 Å². The number of aromatic nitrogens is 2. The molecule has 0 fully saturated rings. The Hall–Kier alpha value is -4.32. The minimum atomic E-state index is -5.03. The summed E-state index contributed by atoms with van der Waals surface area (Å²) in [4.78, 5) is 8.11. The van der Waals surface area contributed by atoms with Gasteiger partial charge in [0.25, 0.3) is 10.0 Å². The summed E-state index contributed by atoms with van der Waals surface area (Å²) in [6.45, 7) is 3.75. The lowest BCUT2D eigenvalue weighted by molar-refractivity contribution is -0.275. The van der Waals surface area contributed by atoms with Gasteiger partial charge in [-0.15, -0.1) is 13.2 Å². The fraction of sp³-hybridized carbons (Fsp3) is 0.120. The fourth-order valence-electron chi connectivity index (χ4n) is 3.34. The topological polar surface area (TPSA) is 105 Å². The van der Waals surface area contributed by atoms with Gasteiger partial charge in [-0.25, -0.2) is 18.4 Å². The Balaban J connectivity index is 1.47. The summed E-state index contributed by atoms with van der Waals surface area (Å²) in [5.41, 5.74) is 2.75. The summed E-state index contributed by atoms with van der Waals surface area (Å²) >= 11 is 0. The number of para-hydroxylation sites is 1. The molecule has 12 heteroatoms. The molecule has 0 atom stereocenters. The van der Waals surface area contributed by atoms with E-state index in [1.807, 2.05) is 31.2 Å². The van der Waals surface area contributed by atoms with Crippen LogP contribution in [0.15, 0.2) is 83.8 Å². The third-order valence-electron chi connectivity index (χ3n) is 4.94. The number of aryl methyl sites for hydroxylation is 2. The van der Waals surface area contributed by atoms with Crippen LogP contribution in [-0.2, 0) is 10.0 Å². The van der Waals surface area contributed by atoms with E-state index in [1.54, 1.807) is 25.1 Å². The zero-order chi connectivity index (χ0) is 26.6. The van der Waals surface area contributed by atoms with Gasteiger partial charge >= 0.3 is 6.36 Å². The molecule has 0 spiro atoms. The van der Waals surface area contributed by atoms with Crippen molar-refractivity contribution in [1.82, 2.24) is 9.97 Å². The Morgan fingerprint density at radius 1 is 0.757 bits per heavy atom. The number of sulfonamides is 1. The quantitative estimate of drug-likeness (QED) is 0.247. The first kappa shape index (κ1) is 25.8. The molecule has 0 amide bonds. The van der Waals surface area contributed by atoms with Gasteiger partial charge in [-0.3, -0.25) is 4.72 Å². The van der Waals surface area contributed by atoms with Crippen molar-refractivity contribution in [2.24, 2.45) is 0 Å². The standard InChI is InChI=1S/C25H22F3N5O3S/c1-16-7-9-18(10-8-16)31-23-15-24(30-17(2)29-23)32-19-11-13-20(14-12-19)33-37(34,35)22-6-4-3-5-21(22)36-25(26,27)28/h3-15,33H,1-2H3,(H2,29,30,31,32). The average molecular weight is 530 g/mol. The molecule has 0 unspecified atom stereocenters. The third kappa shape index (κ3) is 7.10. The van der Waals surface area contributed by atoms with Gasteiger partial charge in [-0.05, 0) is 62.4 Å². The van der Waals surface area contributed by atoms with E-state index in [0.717, 1.165) is 23.4 Å². The highest BCUT2D eigenvalue weighted by Crippen LogP contribution is 2.31. The second-order valence-electron chi connectivity index (χ2n) is 7.98. The van der Waals surface area contributed by atoms with E-state index in [4.69, 9.17) is 0 Å². The second kappa shape index (κ2) is 10.3. The molecule has 8 nitrogen and oxygen atoms in total. The molecule has 3 N–H and O–H groups in total. The van der Waals surface area contributed by atoms with E-state index in [-0.39, 0.29) is 5.69 Å². The number of nitrogens with one attached hydrogen (secondary N) is 3. The number of benzene rings is 3. The summed E-state index contributed by atoms with van der Waals surface area (Å²) in [7, 11) is -4.36. The van der Waals surface area contributed by atoms with Crippen molar-refractivity contribution in [3.8, 4) is 5.75 Å². The molecule has 0 saturated heterocycles. The van der Waals surface area contributed by atoms with Gasteiger partial charge in [0, 0.05) is 23.1 Å². The monoisotopic (exact) mass is 529 g/mol. The van der Waals surface area contributed by atoms with Gasteiger partial charge in [0.05, 0.1) is 0 Å². The van der Waals surface area contributed by atoms with E-state index in [2.05, 4.69) is 30.1 Å². The molecule has 37 heavy (non-hydrogen) atoms. The highest BCUT2D eigenvalue weighted by atomic mass is 32.2. The lowest BCUT2D eigenvalue weighted by atomic mass is 10.2. The van der Waals surface area contributed by atoms with Crippen molar-refractivity contribution >= 4 is 38.7 Å².